The molecule has 6 rings (SSSR count). The predicted molar refractivity (Wildman–Crippen MR) is 138 cm³/mol. The third-order valence-electron chi connectivity index (χ3n) is 7.39. The van der Waals surface area contributed by atoms with E-state index in [9.17, 15) is 4.79 Å². The third-order valence-corrected chi connectivity index (χ3v) is 7.60. The first-order valence-electron chi connectivity index (χ1n) is 12.8. The van der Waals surface area contributed by atoms with Crippen LogP contribution in [0, 0.1) is 11.8 Å². The normalized spacial score (nSPS) is 22.6. The maximum absolute atomic E-state index is 11.7. The van der Waals surface area contributed by atoms with Gasteiger partial charge >= 0.3 is 5.76 Å². The number of pyridine rings is 1. The number of nitrogens with one attached hydrogen (secondary N) is 1. The molecule has 1 aliphatic heterocycles. The number of imidazole rings is 1. The summed E-state index contributed by atoms with van der Waals surface area (Å²) in [5, 5.41) is 6.72. The molecule has 0 amide bonds. The van der Waals surface area contributed by atoms with Gasteiger partial charge in [0.1, 0.15) is 11.2 Å². The van der Waals surface area contributed by atoms with Crippen molar-refractivity contribution in [1.29, 1.82) is 0 Å². The number of H-pyrrole nitrogens is 1. The predicted octanol–water partition coefficient (Wildman–Crippen LogP) is 3.94. The number of fused-ring (bicyclic) bond motifs is 1. The van der Waals surface area contributed by atoms with Crippen molar-refractivity contribution in [3.8, 4) is 23.0 Å². The summed E-state index contributed by atoms with van der Waals surface area (Å²) in [5.74, 6) is 1.62. The van der Waals surface area contributed by atoms with Crippen LogP contribution >= 0.6 is 11.6 Å². The molecule has 12 heteroatoms. The van der Waals surface area contributed by atoms with Gasteiger partial charge in [0, 0.05) is 31.0 Å². The van der Waals surface area contributed by atoms with E-state index in [-0.39, 0.29) is 17.8 Å². The molecule has 0 unspecified atom stereocenters. The Bertz CT molecular complexity index is 1470. The Morgan fingerprint density at radius 3 is 2.70 bits per heavy atom. The van der Waals surface area contributed by atoms with Crippen molar-refractivity contribution in [3.63, 3.8) is 0 Å². The zero-order valence-electron chi connectivity index (χ0n) is 20.9. The molecule has 5 heterocycles. The Hall–Kier alpha value is -3.31. The van der Waals surface area contributed by atoms with Crippen LogP contribution in [0.5, 0.6) is 0 Å². The van der Waals surface area contributed by atoms with Crippen LogP contribution in [0.15, 0.2) is 27.7 Å². The molecule has 37 heavy (non-hydrogen) atoms. The van der Waals surface area contributed by atoms with Crippen LogP contribution in [0.4, 0.5) is 5.95 Å². The van der Waals surface area contributed by atoms with E-state index in [4.69, 9.17) is 35.7 Å². The van der Waals surface area contributed by atoms with Gasteiger partial charge in [-0.2, -0.15) is 4.98 Å². The van der Waals surface area contributed by atoms with Crippen molar-refractivity contribution in [2.75, 3.05) is 24.7 Å². The van der Waals surface area contributed by atoms with Gasteiger partial charge < -0.3 is 18.6 Å². The van der Waals surface area contributed by atoms with Gasteiger partial charge in [0.05, 0.1) is 24.3 Å². The molecule has 2 aliphatic rings. The number of hydrogen-bond acceptors (Lipinski definition) is 9. The lowest BCUT2D eigenvalue weighted by Crippen LogP contribution is -2.45. The summed E-state index contributed by atoms with van der Waals surface area (Å²) < 4.78 is 13.2. The highest BCUT2D eigenvalue weighted by Crippen LogP contribution is 2.36. The van der Waals surface area contributed by atoms with E-state index in [1.54, 1.807) is 12.4 Å². The minimum Gasteiger partial charge on any atom is -0.384 e. The number of hydrogen-bond donors (Lipinski definition) is 1. The van der Waals surface area contributed by atoms with Crippen LogP contribution in [-0.4, -0.2) is 60.5 Å². The maximum Gasteiger partial charge on any atom is 0.434 e. The van der Waals surface area contributed by atoms with Gasteiger partial charge in [0.25, 0.3) is 5.89 Å². The third kappa shape index (κ3) is 4.73. The van der Waals surface area contributed by atoms with Crippen molar-refractivity contribution in [3.05, 3.63) is 34.0 Å². The zero-order valence-corrected chi connectivity index (χ0v) is 21.6. The van der Waals surface area contributed by atoms with Crippen LogP contribution in [-0.2, 0) is 11.3 Å². The highest BCUT2D eigenvalue weighted by atomic mass is 35.5. The highest BCUT2D eigenvalue weighted by molar-refractivity contribution is 6.30. The number of nitrogens with zero attached hydrogens (tertiary/aromatic N) is 7. The molecule has 4 aromatic rings. The minimum atomic E-state index is -0.676. The SMILES string of the molecule is CC1CCC(Cn2c(N3CCOC[C@H]3C)nc3nc(-c4n[nH]c(=O)o4)nc(-c4cncc(Cl)c4)c32)CC1. The van der Waals surface area contributed by atoms with Gasteiger partial charge in [-0.15, -0.1) is 5.10 Å². The topological polar surface area (TPSA) is 128 Å². The van der Waals surface area contributed by atoms with Crippen molar-refractivity contribution < 1.29 is 9.15 Å². The van der Waals surface area contributed by atoms with Crippen molar-refractivity contribution in [1.82, 2.24) is 34.7 Å². The number of ether oxygens (including phenoxy) is 1. The molecule has 1 saturated carbocycles. The Morgan fingerprint density at radius 2 is 1.97 bits per heavy atom. The smallest absolute Gasteiger partial charge is 0.384 e. The summed E-state index contributed by atoms with van der Waals surface area (Å²) in [7, 11) is 0. The number of anilines is 1. The average Bonchev–Trinajstić information content (AvgIpc) is 3.49. The molecular formula is C25H29ClN8O3. The van der Waals surface area contributed by atoms with Crippen molar-refractivity contribution in [2.45, 2.75) is 52.1 Å². The Labute approximate surface area is 218 Å². The molecule has 1 N–H and O–H groups in total. The average molecular weight is 525 g/mol. The summed E-state index contributed by atoms with van der Waals surface area (Å²) in [6.45, 7) is 7.28. The lowest BCUT2D eigenvalue weighted by atomic mass is 9.83. The number of aromatic amines is 1. The van der Waals surface area contributed by atoms with Crippen LogP contribution in [0.1, 0.15) is 39.5 Å². The van der Waals surface area contributed by atoms with Crippen LogP contribution in [0.3, 0.4) is 0 Å². The molecule has 0 radical (unpaired) electrons. The lowest BCUT2D eigenvalue weighted by molar-refractivity contribution is 0.0976. The van der Waals surface area contributed by atoms with E-state index >= 15 is 0 Å². The quantitative estimate of drug-likeness (QED) is 0.412. The first-order valence-corrected chi connectivity index (χ1v) is 13.1. The zero-order chi connectivity index (χ0) is 25.5. The van der Waals surface area contributed by atoms with Gasteiger partial charge in [-0.3, -0.25) is 4.98 Å². The molecule has 1 aliphatic carbocycles. The van der Waals surface area contributed by atoms with E-state index in [2.05, 4.69) is 38.5 Å². The molecular weight excluding hydrogens is 496 g/mol. The van der Waals surface area contributed by atoms with Gasteiger partial charge in [-0.25, -0.2) is 19.9 Å². The Morgan fingerprint density at radius 1 is 1.14 bits per heavy atom. The molecule has 1 atom stereocenters. The maximum atomic E-state index is 11.7. The second-order valence-corrected chi connectivity index (χ2v) is 10.6. The van der Waals surface area contributed by atoms with E-state index < -0.39 is 5.76 Å². The van der Waals surface area contributed by atoms with Gasteiger partial charge in [-0.1, -0.05) is 31.4 Å². The fourth-order valence-electron chi connectivity index (χ4n) is 5.37. The van der Waals surface area contributed by atoms with Crippen molar-refractivity contribution in [2.24, 2.45) is 11.8 Å². The van der Waals surface area contributed by atoms with Gasteiger partial charge in [-0.05, 0) is 37.7 Å². The number of halogens is 1. The fraction of sp³-hybridized carbons (Fsp3) is 0.520. The molecule has 0 spiro atoms. The Balaban J connectivity index is 1.58. The second kappa shape index (κ2) is 9.86. The van der Waals surface area contributed by atoms with Gasteiger partial charge in [0.15, 0.2) is 5.65 Å². The molecule has 11 nitrogen and oxygen atoms in total. The standard InChI is InChI=1S/C25H29ClN8O3/c1-14-3-5-16(6-4-14)12-34-20-19(17-9-18(26)11-27-10-17)28-22(23-31-32-25(35)37-23)29-21(20)30-24(34)33-7-8-36-13-15(33)2/h9-11,14-16H,3-8,12-13H2,1-2H3,(H,32,35)/t14?,15-,16?/m1/s1. The van der Waals surface area contributed by atoms with E-state index in [0.717, 1.165) is 36.0 Å². The van der Waals surface area contributed by atoms with E-state index in [0.29, 0.717) is 35.5 Å². The fourth-order valence-corrected chi connectivity index (χ4v) is 5.55. The molecule has 1 saturated heterocycles. The molecule has 194 valence electrons. The molecule has 0 bridgehead atoms. The monoisotopic (exact) mass is 524 g/mol. The highest BCUT2D eigenvalue weighted by Gasteiger charge is 2.30. The number of morpholine rings is 1. The summed E-state index contributed by atoms with van der Waals surface area (Å²) in [4.78, 5) is 32.8. The van der Waals surface area contributed by atoms with Crippen LogP contribution in [0.25, 0.3) is 34.1 Å². The summed E-state index contributed by atoms with van der Waals surface area (Å²) in [5.41, 5.74) is 2.64. The van der Waals surface area contributed by atoms with Crippen molar-refractivity contribution >= 4 is 28.7 Å². The summed E-state index contributed by atoms with van der Waals surface area (Å²) >= 11 is 6.33. The molecule has 2 fully saturated rings. The lowest BCUT2D eigenvalue weighted by Gasteiger charge is -2.35. The number of rotatable bonds is 5. The van der Waals surface area contributed by atoms with Gasteiger partial charge in [0.2, 0.25) is 11.8 Å². The first-order chi connectivity index (χ1) is 18.0. The summed E-state index contributed by atoms with van der Waals surface area (Å²) in [6, 6.07) is 1.97. The van der Waals surface area contributed by atoms with Crippen LogP contribution < -0.4 is 10.7 Å². The second-order valence-electron chi connectivity index (χ2n) is 10.1. The molecule has 0 aromatic carbocycles. The van der Waals surface area contributed by atoms with Crippen LogP contribution in [0.2, 0.25) is 5.02 Å². The summed E-state index contributed by atoms with van der Waals surface area (Å²) in [6.07, 6.45) is 8.09. The largest absolute Gasteiger partial charge is 0.434 e. The van der Waals surface area contributed by atoms with E-state index in [1.165, 1.54) is 25.7 Å². The minimum absolute atomic E-state index is 0.000228. The van der Waals surface area contributed by atoms with E-state index in [1.807, 2.05) is 6.07 Å². The Kier molecular flexibility index (Phi) is 6.41. The number of aromatic nitrogens is 7. The first kappa shape index (κ1) is 24.1. The molecule has 4 aromatic heterocycles.